The molecule has 1 aromatic carbocycles. The van der Waals surface area contributed by atoms with Gasteiger partial charge in [-0.3, -0.25) is 0 Å². The number of ether oxygens (including phenoxy) is 2. The molecule has 0 saturated heterocycles. The van der Waals surface area contributed by atoms with Crippen molar-refractivity contribution in [3.8, 4) is 11.5 Å². The lowest BCUT2D eigenvalue weighted by Crippen LogP contribution is -2.27. The molecule has 9 heteroatoms. The largest absolute Gasteiger partial charge is 0.490 e. The Morgan fingerprint density at radius 2 is 1.91 bits per heavy atom. The summed E-state index contributed by atoms with van der Waals surface area (Å²) in [6, 6.07) is 3.88. The van der Waals surface area contributed by atoms with E-state index in [1.54, 1.807) is 19.9 Å². The van der Waals surface area contributed by atoms with Crippen LogP contribution in [-0.4, -0.2) is 31.8 Å². The summed E-state index contributed by atoms with van der Waals surface area (Å²) in [5, 5.41) is 7.51. The second-order valence-corrected chi connectivity index (χ2v) is 6.88. The lowest BCUT2D eigenvalue weighted by atomic mass is 10.3. The van der Waals surface area contributed by atoms with Gasteiger partial charge in [0.1, 0.15) is 0 Å². The maximum Gasteiger partial charge on any atom is 0.241 e. The number of nitrogens with zero attached hydrogens (tertiary/aromatic N) is 2. The summed E-state index contributed by atoms with van der Waals surface area (Å²) in [4.78, 5) is 0.0878. The maximum absolute atomic E-state index is 12.5. The van der Waals surface area contributed by atoms with Crippen LogP contribution in [0.25, 0.3) is 0 Å². The number of benzene rings is 1. The molecule has 3 rings (SSSR count). The highest BCUT2D eigenvalue weighted by molar-refractivity contribution is 7.89. The van der Waals surface area contributed by atoms with Gasteiger partial charge in [0.05, 0.1) is 24.2 Å². The van der Waals surface area contributed by atoms with Crippen LogP contribution in [0, 0.1) is 6.92 Å². The fourth-order valence-electron chi connectivity index (χ4n) is 2.15. The highest BCUT2D eigenvalue weighted by Gasteiger charge is 2.23. The third-order valence-electron chi connectivity index (χ3n) is 3.27. The Kier molecular flexibility index (Phi) is 4.22. The first-order valence-electron chi connectivity index (χ1n) is 7.18. The number of nitrogens with one attached hydrogen (secondary N) is 1. The van der Waals surface area contributed by atoms with Crippen molar-refractivity contribution < 1.29 is 22.3 Å². The fraction of sp³-hybridized carbons (Fsp3) is 0.429. The molecule has 2 heterocycles. The summed E-state index contributed by atoms with van der Waals surface area (Å²) < 4.78 is 43.8. The number of hydrogen-bond acceptors (Lipinski definition) is 7. The van der Waals surface area contributed by atoms with Gasteiger partial charge in [0, 0.05) is 19.4 Å². The van der Waals surface area contributed by atoms with Crippen molar-refractivity contribution in [3.63, 3.8) is 0 Å². The molecule has 0 radical (unpaired) electrons. The van der Waals surface area contributed by atoms with Crippen molar-refractivity contribution in [1.82, 2.24) is 14.9 Å². The van der Waals surface area contributed by atoms with E-state index in [9.17, 15) is 8.42 Å². The Bertz CT molecular complexity index is 802. The highest BCUT2D eigenvalue weighted by atomic mass is 32.2. The van der Waals surface area contributed by atoms with E-state index in [-0.39, 0.29) is 10.8 Å². The molecular formula is C14H17N3O5S. The molecule has 2 aromatic rings. The van der Waals surface area contributed by atoms with Gasteiger partial charge in [-0.05, 0) is 19.1 Å². The minimum absolute atomic E-state index is 0.0878. The van der Waals surface area contributed by atoms with Crippen LogP contribution in [0.4, 0.5) is 0 Å². The third kappa shape index (κ3) is 3.45. The van der Waals surface area contributed by atoms with Gasteiger partial charge in [-0.25, -0.2) is 8.42 Å². The Morgan fingerprint density at radius 3 is 2.61 bits per heavy atom. The van der Waals surface area contributed by atoms with Gasteiger partial charge in [0.15, 0.2) is 11.5 Å². The van der Waals surface area contributed by atoms with E-state index < -0.39 is 16.1 Å². The van der Waals surface area contributed by atoms with E-state index in [1.807, 2.05) is 0 Å². The number of aromatic nitrogens is 2. The van der Waals surface area contributed by atoms with Crippen LogP contribution in [-0.2, 0) is 10.0 Å². The van der Waals surface area contributed by atoms with Crippen molar-refractivity contribution in [2.45, 2.75) is 31.2 Å². The molecular weight excluding hydrogens is 322 g/mol. The topological polar surface area (TPSA) is 104 Å². The monoisotopic (exact) mass is 339 g/mol. The summed E-state index contributed by atoms with van der Waals surface area (Å²) in [5.74, 6) is 1.55. The van der Waals surface area contributed by atoms with Crippen LogP contribution in [0.5, 0.6) is 11.5 Å². The highest BCUT2D eigenvalue weighted by Crippen LogP contribution is 2.32. The molecule has 0 spiro atoms. The second-order valence-electron chi connectivity index (χ2n) is 5.16. The molecule has 23 heavy (non-hydrogen) atoms. The van der Waals surface area contributed by atoms with Crippen LogP contribution in [0.3, 0.4) is 0 Å². The number of aryl methyl sites for hydroxylation is 1. The van der Waals surface area contributed by atoms with Crippen LogP contribution in [0.2, 0.25) is 0 Å². The molecule has 0 amide bonds. The Labute approximate surface area is 133 Å². The van der Waals surface area contributed by atoms with Gasteiger partial charge in [-0.15, -0.1) is 10.2 Å². The van der Waals surface area contributed by atoms with E-state index in [4.69, 9.17) is 13.9 Å². The van der Waals surface area contributed by atoms with Crippen molar-refractivity contribution in [3.05, 3.63) is 30.0 Å². The number of fused-ring (bicyclic) bond motifs is 1. The Morgan fingerprint density at radius 1 is 1.17 bits per heavy atom. The summed E-state index contributed by atoms with van der Waals surface area (Å²) in [6.45, 7) is 4.31. The smallest absolute Gasteiger partial charge is 0.241 e. The molecule has 0 bridgehead atoms. The number of hydrogen-bond donors (Lipinski definition) is 1. The molecule has 1 N–H and O–H groups in total. The third-order valence-corrected chi connectivity index (χ3v) is 4.81. The SMILES string of the molecule is Cc1nnc([C@H](C)NS(=O)(=O)c2ccc3c(c2)OCCCO3)o1. The van der Waals surface area contributed by atoms with E-state index in [2.05, 4.69) is 14.9 Å². The van der Waals surface area contributed by atoms with Crippen LogP contribution < -0.4 is 14.2 Å². The van der Waals surface area contributed by atoms with Gasteiger partial charge < -0.3 is 13.9 Å². The maximum atomic E-state index is 12.5. The molecule has 0 fully saturated rings. The van der Waals surface area contributed by atoms with Gasteiger partial charge in [-0.2, -0.15) is 4.72 Å². The quantitative estimate of drug-likeness (QED) is 0.902. The zero-order chi connectivity index (χ0) is 16.4. The van der Waals surface area contributed by atoms with Gasteiger partial charge in [0.2, 0.25) is 21.8 Å². The Hall–Kier alpha value is -2.13. The van der Waals surface area contributed by atoms with Crippen LogP contribution in [0.15, 0.2) is 27.5 Å². The minimum Gasteiger partial charge on any atom is -0.490 e. The summed E-state index contributed by atoms with van der Waals surface area (Å²) >= 11 is 0. The first kappa shape index (κ1) is 15.8. The predicted octanol–water partition coefficient (Wildman–Crippen LogP) is 1.58. The molecule has 1 aliphatic heterocycles. The lowest BCUT2D eigenvalue weighted by molar-refractivity contribution is 0.297. The molecule has 1 aromatic heterocycles. The zero-order valence-corrected chi connectivity index (χ0v) is 13.6. The fourth-order valence-corrected chi connectivity index (χ4v) is 3.36. The molecule has 1 atom stereocenters. The summed E-state index contributed by atoms with van der Waals surface area (Å²) in [6.07, 6.45) is 0.753. The summed E-state index contributed by atoms with van der Waals surface area (Å²) in [5.41, 5.74) is 0. The lowest BCUT2D eigenvalue weighted by Gasteiger charge is -2.13. The molecule has 1 aliphatic rings. The van der Waals surface area contributed by atoms with E-state index >= 15 is 0 Å². The normalized spacial score (nSPS) is 15.9. The van der Waals surface area contributed by atoms with Gasteiger partial charge in [0.25, 0.3) is 0 Å². The van der Waals surface area contributed by atoms with Gasteiger partial charge >= 0.3 is 0 Å². The van der Waals surface area contributed by atoms with E-state index in [1.165, 1.54) is 12.1 Å². The standard InChI is InChI=1S/C14H17N3O5S/c1-9(14-16-15-10(2)22-14)17-23(18,19)11-4-5-12-13(8-11)21-7-3-6-20-12/h4-5,8-9,17H,3,6-7H2,1-2H3/t9-/m0/s1. The van der Waals surface area contributed by atoms with Crippen molar-refractivity contribution in [1.29, 1.82) is 0 Å². The number of sulfonamides is 1. The predicted molar refractivity (Wildman–Crippen MR) is 79.8 cm³/mol. The van der Waals surface area contributed by atoms with Crippen molar-refractivity contribution >= 4 is 10.0 Å². The van der Waals surface area contributed by atoms with Gasteiger partial charge in [-0.1, -0.05) is 0 Å². The van der Waals surface area contributed by atoms with E-state index in [0.29, 0.717) is 30.6 Å². The van der Waals surface area contributed by atoms with Crippen molar-refractivity contribution in [2.75, 3.05) is 13.2 Å². The average Bonchev–Trinajstić information content (AvgIpc) is 2.81. The van der Waals surface area contributed by atoms with Crippen LogP contribution in [0.1, 0.15) is 31.2 Å². The van der Waals surface area contributed by atoms with E-state index in [0.717, 1.165) is 6.42 Å². The molecule has 124 valence electrons. The Balaban J connectivity index is 1.83. The first-order chi connectivity index (χ1) is 11.0. The van der Waals surface area contributed by atoms with Crippen molar-refractivity contribution in [2.24, 2.45) is 0 Å². The minimum atomic E-state index is -3.76. The average molecular weight is 339 g/mol. The molecule has 0 unspecified atom stereocenters. The molecule has 0 aliphatic carbocycles. The van der Waals surface area contributed by atoms with Crippen LogP contribution >= 0.6 is 0 Å². The zero-order valence-electron chi connectivity index (χ0n) is 12.8. The molecule has 8 nitrogen and oxygen atoms in total. The second kappa shape index (κ2) is 6.17. The summed E-state index contributed by atoms with van der Waals surface area (Å²) in [7, 11) is -3.76. The number of rotatable bonds is 4. The molecule has 0 saturated carbocycles. The first-order valence-corrected chi connectivity index (χ1v) is 8.66.